The number of anilines is 1. The van der Waals surface area contributed by atoms with Crippen molar-refractivity contribution in [2.75, 3.05) is 18.5 Å². The second-order valence-corrected chi connectivity index (χ2v) is 5.92. The third-order valence-electron chi connectivity index (χ3n) is 3.35. The zero-order valence-corrected chi connectivity index (χ0v) is 12.1. The van der Waals surface area contributed by atoms with Crippen molar-refractivity contribution in [3.05, 3.63) is 16.7 Å². The van der Waals surface area contributed by atoms with Crippen molar-refractivity contribution in [3.8, 4) is 0 Å². The first-order chi connectivity index (χ1) is 9.33. The van der Waals surface area contributed by atoms with Gasteiger partial charge in [-0.2, -0.15) is 0 Å². The summed E-state index contributed by atoms with van der Waals surface area (Å²) in [6.07, 6.45) is 5.46. The molecule has 2 aromatic heterocycles. The Morgan fingerprint density at radius 1 is 1.37 bits per heavy atom. The molecular formula is C13H16ClN3OS. The number of rotatable bonds is 5. The van der Waals surface area contributed by atoms with E-state index in [1.54, 1.807) is 11.3 Å². The second kappa shape index (κ2) is 6.03. The van der Waals surface area contributed by atoms with Crippen LogP contribution in [0.1, 0.15) is 25.7 Å². The maximum Gasteiger partial charge on any atom is 0.225 e. The summed E-state index contributed by atoms with van der Waals surface area (Å²) in [7, 11) is 0. The molecule has 102 valence electrons. The molecule has 2 aromatic rings. The summed E-state index contributed by atoms with van der Waals surface area (Å²) in [5.74, 6) is 0.797. The highest BCUT2D eigenvalue weighted by atomic mass is 35.5. The highest BCUT2D eigenvalue weighted by molar-refractivity contribution is 7.16. The number of halogens is 1. The minimum atomic E-state index is 0.286. The summed E-state index contributed by atoms with van der Waals surface area (Å²) in [4.78, 5) is 9.34. The zero-order chi connectivity index (χ0) is 13.1. The smallest absolute Gasteiger partial charge is 0.225 e. The first-order valence-electron chi connectivity index (χ1n) is 6.59. The standard InChI is InChI=1S/C13H16ClN3OS/c14-13-16-11(10-5-8-19-12(10)17-13)15-6-7-18-9-3-1-2-4-9/h5,8-9H,1-4,6-7H2,(H,15,16,17). The molecule has 1 aliphatic rings. The Hall–Kier alpha value is -0.910. The Kier molecular flexibility index (Phi) is 4.15. The molecule has 1 aliphatic carbocycles. The Morgan fingerprint density at radius 2 is 2.21 bits per heavy atom. The van der Waals surface area contributed by atoms with Crippen LogP contribution in [-0.2, 0) is 4.74 Å². The van der Waals surface area contributed by atoms with Crippen molar-refractivity contribution < 1.29 is 4.74 Å². The molecular weight excluding hydrogens is 282 g/mol. The fraction of sp³-hybridized carbons (Fsp3) is 0.538. The van der Waals surface area contributed by atoms with E-state index in [-0.39, 0.29) is 5.28 Å². The van der Waals surface area contributed by atoms with Crippen molar-refractivity contribution in [3.63, 3.8) is 0 Å². The molecule has 0 aromatic carbocycles. The molecule has 0 spiro atoms. The van der Waals surface area contributed by atoms with Gasteiger partial charge in [0.1, 0.15) is 10.6 Å². The average molecular weight is 298 g/mol. The Morgan fingerprint density at radius 3 is 3.05 bits per heavy atom. The van der Waals surface area contributed by atoms with E-state index >= 15 is 0 Å². The van der Waals surface area contributed by atoms with Crippen LogP contribution in [0.15, 0.2) is 11.4 Å². The van der Waals surface area contributed by atoms with Gasteiger partial charge < -0.3 is 10.1 Å². The van der Waals surface area contributed by atoms with E-state index in [0.717, 1.165) is 22.6 Å². The minimum absolute atomic E-state index is 0.286. The van der Waals surface area contributed by atoms with Crippen LogP contribution in [0.4, 0.5) is 5.82 Å². The summed E-state index contributed by atoms with van der Waals surface area (Å²) in [6, 6.07) is 2.01. The molecule has 1 saturated carbocycles. The van der Waals surface area contributed by atoms with Gasteiger partial charge in [0.05, 0.1) is 18.1 Å². The number of aromatic nitrogens is 2. The van der Waals surface area contributed by atoms with Gasteiger partial charge in [0.15, 0.2) is 0 Å². The lowest BCUT2D eigenvalue weighted by Crippen LogP contribution is -2.16. The topological polar surface area (TPSA) is 47.0 Å². The van der Waals surface area contributed by atoms with E-state index in [1.807, 2.05) is 11.4 Å². The first-order valence-corrected chi connectivity index (χ1v) is 7.85. The van der Waals surface area contributed by atoms with Crippen molar-refractivity contribution in [2.24, 2.45) is 0 Å². The van der Waals surface area contributed by atoms with E-state index in [1.165, 1.54) is 25.7 Å². The van der Waals surface area contributed by atoms with Crippen molar-refractivity contribution in [1.29, 1.82) is 0 Å². The highest BCUT2D eigenvalue weighted by Gasteiger charge is 2.14. The van der Waals surface area contributed by atoms with Gasteiger partial charge in [0.25, 0.3) is 0 Å². The van der Waals surface area contributed by atoms with Crippen LogP contribution in [-0.4, -0.2) is 29.2 Å². The predicted octanol–water partition coefficient (Wildman–Crippen LogP) is 3.72. The van der Waals surface area contributed by atoms with Crippen molar-refractivity contribution in [1.82, 2.24) is 9.97 Å². The maximum atomic E-state index is 5.91. The average Bonchev–Trinajstić information content (AvgIpc) is 3.04. The molecule has 3 rings (SSSR count). The summed E-state index contributed by atoms with van der Waals surface area (Å²) >= 11 is 7.48. The summed E-state index contributed by atoms with van der Waals surface area (Å²) < 4.78 is 5.81. The molecule has 4 nitrogen and oxygen atoms in total. The predicted molar refractivity (Wildman–Crippen MR) is 79.1 cm³/mol. The fourth-order valence-corrected chi connectivity index (χ4v) is 3.40. The molecule has 0 bridgehead atoms. The summed E-state index contributed by atoms with van der Waals surface area (Å²) in [5.41, 5.74) is 0. The SMILES string of the molecule is Clc1nc(NCCOC2CCCC2)c2ccsc2n1. The molecule has 0 unspecified atom stereocenters. The van der Waals surface area contributed by atoms with Crippen LogP contribution in [0.25, 0.3) is 10.2 Å². The van der Waals surface area contributed by atoms with Gasteiger partial charge in [0.2, 0.25) is 5.28 Å². The van der Waals surface area contributed by atoms with E-state index in [4.69, 9.17) is 16.3 Å². The van der Waals surface area contributed by atoms with Crippen LogP contribution in [0.5, 0.6) is 0 Å². The third kappa shape index (κ3) is 3.16. The van der Waals surface area contributed by atoms with Gasteiger partial charge >= 0.3 is 0 Å². The Labute approximate surface area is 121 Å². The molecule has 6 heteroatoms. The van der Waals surface area contributed by atoms with Crippen LogP contribution in [0.2, 0.25) is 5.28 Å². The summed E-state index contributed by atoms with van der Waals surface area (Å²) in [6.45, 7) is 1.45. The van der Waals surface area contributed by atoms with Crippen LogP contribution < -0.4 is 5.32 Å². The van der Waals surface area contributed by atoms with Crippen LogP contribution in [0, 0.1) is 0 Å². The van der Waals surface area contributed by atoms with Crippen LogP contribution in [0.3, 0.4) is 0 Å². The lowest BCUT2D eigenvalue weighted by Gasteiger charge is -2.12. The van der Waals surface area contributed by atoms with Gasteiger partial charge in [-0.15, -0.1) is 11.3 Å². The van der Waals surface area contributed by atoms with Gasteiger partial charge in [-0.25, -0.2) is 9.97 Å². The van der Waals surface area contributed by atoms with Gasteiger partial charge in [-0.05, 0) is 35.9 Å². The molecule has 1 N–H and O–H groups in total. The van der Waals surface area contributed by atoms with E-state index in [2.05, 4.69) is 15.3 Å². The normalized spacial score (nSPS) is 16.3. The molecule has 19 heavy (non-hydrogen) atoms. The molecule has 0 radical (unpaired) electrons. The lowest BCUT2D eigenvalue weighted by molar-refractivity contribution is 0.0659. The highest BCUT2D eigenvalue weighted by Crippen LogP contribution is 2.26. The lowest BCUT2D eigenvalue weighted by atomic mass is 10.3. The van der Waals surface area contributed by atoms with E-state index in [0.29, 0.717) is 12.7 Å². The number of thiophene rings is 1. The zero-order valence-electron chi connectivity index (χ0n) is 10.6. The van der Waals surface area contributed by atoms with Gasteiger partial charge in [-0.1, -0.05) is 12.8 Å². The molecule has 1 fully saturated rings. The molecule has 0 amide bonds. The third-order valence-corrected chi connectivity index (χ3v) is 4.32. The number of hydrogen-bond donors (Lipinski definition) is 1. The maximum absolute atomic E-state index is 5.91. The van der Waals surface area contributed by atoms with E-state index < -0.39 is 0 Å². The van der Waals surface area contributed by atoms with Crippen molar-refractivity contribution >= 4 is 39.0 Å². The van der Waals surface area contributed by atoms with Crippen LogP contribution >= 0.6 is 22.9 Å². The molecule has 0 saturated heterocycles. The molecule has 0 aliphatic heterocycles. The number of nitrogens with zero attached hydrogens (tertiary/aromatic N) is 2. The Bertz CT molecular complexity index is 554. The quantitative estimate of drug-likeness (QED) is 0.675. The van der Waals surface area contributed by atoms with Crippen molar-refractivity contribution in [2.45, 2.75) is 31.8 Å². The van der Waals surface area contributed by atoms with E-state index in [9.17, 15) is 0 Å². The van der Waals surface area contributed by atoms with Gasteiger partial charge in [-0.3, -0.25) is 0 Å². The number of nitrogens with one attached hydrogen (secondary N) is 1. The van der Waals surface area contributed by atoms with Gasteiger partial charge in [0, 0.05) is 6.54 Å². The fourth-order valence-electron chi connectivity index (χ4n) is 2.41. The number of ether oxygens (including phenoxy) is 1. The summed E-state index contributed by atoms with van der Waals surface area (Å²) in [5, 5.41) is 6.59. The number of fused-ring (bicyclic) bond motifs is 1. The molecule has 0 atom stereocenters. The second-order valence-electron chi connectivity index (χ2n) is 4.68. The monoisotopic (exact) mass is 297 g/mol. The molecule has 2 heterocycles. The first kappa shape index (κ1) is 13.1. The number of hydrogen-bond acceptors (Lipinski definition) is 5. The largest absolute Gasteiger partial charge is 0.376 e. The Balaban J connectivity index is 1.57. The minimum Gasteiger partial charge on any atom is -0.376 e.